The Morgan fingerprint density at radius 2 is 1.62 bits per heavy atom. The van der Waals surface area contributed by atoms with Crippen molar-refractivity contribution in [2.75, 3.05) is 10.6 Å². The highest BCUT2D eigenvalue weighted by atomic mass is 19.2. The summed E-state index contributed by atoms with van der Waals surface area (Å²) in [5.74, 6) is -8.41. The number of Topliss-reactive ketones (excluding diaryl/α,β-unsaturated/α-hetero) is 1. The first-order valence-corrected chi connectivity index (χ1v) is 10.3. The van der Waals surface area contributed by atoms with Gasteiger partial charge in [-0.15, -0.1) is 0 Å². The average Bonchev–Trinajstić information content (AvgIpc) is 2.97. The predicted octanol–water partition coefficient (Wildman–Crippen LogP) is 4.26. The third-order valence-electron chi connectivity index (χ3n) is 5.31. The minimum atomic E-state index is -1.85. The number of hydrogen-bond donors (Lipinski definition) is 2. The molecule has 6 nitrogen and oxygen atoms in total. The van der Waals surface area contributed by atoms with Gasteiger partial charge in [-0.1, -0.05) is 48.5 Å². The lowest BCUT2D eigenvalue weighted by molar-refractivity contribution is -0.124. The lowest BCUT2D eigenvalue weighted by Crippen LogP contribution is -2.34. The Hall–Kier alpha value is -4.08. The number of hydrogen-bond acceptors (Lipinski definition) is 5. The maximum absolute atomic E-state index is 13.9. The Morgan fingerprint density at radius 3 is 2.29 bits per heavy atom. The SMILES string of the molecule is C[C@@H](Nc1c(F)c(F)nc(F)c1F)C(=O)CC1N=C(c2ccccc2)c2ccccc2NC1=O. The van der Waals surface area contributed by atoms with E-state index in [4.69, 9.17) is 0 Å². The largest absolute Gasteiger partial charge is 0.370 e. The van der Waals surface area contributed by atoms with Gasteiger partial charge >= 0.3 is 0 Å². The van der Waals surface area contributed by atoms with Crippen molar-refractivity contribution in [3.05, 3.63) is 89.3 Å². The molecule has 2 atom stereocenters. The first kappa shape index (κ1) is 23.1. The first-order chi connectivity index (χ1) is 16.3. The topological polar surface area (TPSA) is 83.4 Å². The molecule has 0 spiro atoms. The summed E-state index contributed by atoms with van der Waals surface area (Å²) < 4.78 is 54.6. The van der Waals surface area contributed by atoms with Crippen LogP contribution in [0.2, 0.25) is 0 Å². The van der Waals surface area contributed by atoms with E-state index < -0.39 is 59.4 Å². The van der Waals surface area contributed by atoms with Crippen LogP contribution in [0.25, 0.3) is 0 Å². The van der Waals surface area contributed by atoms with Crippen molar-refractivity contribution < 1.29 is 27.2 Å². The van der Waals surface area contributed by atoms with Crippen molar-refractivity contribution in [3.63, 3.8) is 0 Å². The number of fused-ring (bicyclic) bond motifs is 1. The van der Waals surface area contributed by atoms with Crippen LogP contribution in [0.5, 0.6) is 0 Å². The molecule has 2 heterocycles. The molecule has 174 valence electrons. The van der Waals surface area contributed by atoms with Crippen LogP contribution >= 0.6 is 0 Å². The Bertz CT molecular complexity index is 1270. The molecule has 0 saturated heterocycles. The summed E-state index contributed by atoms with van der Waals surface area (Å²) in [4.78, 5) is 32.7. The highest BCUT2D eigenvalue weighted by Crippen LogP contribution is 2.26. The fraction of sp³-hybridized carbons (Fsp3) is 0.167. The Labute approximate surface area is 191 Å². The second-order valence-electron chi connectivity index (χ2n) is 7.63. The number of rotatable bonds is 6. The highest BCUT2D eigenvalue weighted by molar-refractivity contribution is 6.20. The number of anilines is 2. The molecule has 0 bridgehead atoms. The zero-order valence-corrected chi connectivity index (χ0v) is 17.8. The van der Waals surface area contributed by atoms with Crippen molar-refractivity contribution >= 4 is 28.8 Å². The fourth-order valence-corrected chi connectivity index (χ4v) is 3.54. The van der Waals surface area contributed by atoms with E-state index in [0.717, 1.165) is 5.56 Å². The number of amides is 1. The van der Waals surface area contributed by atoms with Gasteiger partial charge < -0.3 is 10.6 Å². The molecule has 3 aromatic rings. The molecule has 34 heavy (non-hydrogen) atoms. The standard InChI is InChI=1S/C24H18F4N4O2/c1-12(29-21-18(25)22(27)32-23(28)19(21)26)17(33)11-16-24(34)31-15-10-6-5-9-14(15)20(30-16)13-7-3-2-4-8-13/h2-10,12,16H,11H2,1H3,(H,29,32)(H,31,34)/t12-,16?/m1/s1. The summed E-state index contributed by atoms with van der Waals surface area (Å²) in [6.45, 7) is 1.25. The number of nitrogens with one attached hydrogen (secondary N) is 2. The van der Waals surface area contributed by atoms with Crippen molar-refractivity contribution in [1.29, 1.82) is 0 Å². The van der Waals surface area contributed by atoms with Gasteiger partial charge in [0.25, 0.3) is 11.9 Å². The molecule has 0 fully saturated rings. The van der Waals surface area contributed by atoms with Gasteiger partial charge in [-0.3, -0.25) is 14.6 Å². The molecule has 4 rings (SSSR count). The van der Waals surface area contributed by atoms with Crippen LogP contribution in [-0.2, 0) is 9.59 Å². The van der Waals surface area contributed by atoms with Crippen LogP contribution in [0.4, 0.5) is 28.9 Å². The molecular formula is C24H18F4N4O2. The number of pyridine rings is 1. The number of carbonyl (C=O) groups is 2. The van der Waals surface area contributed by atoms with Crippen LogP contribution in [0, 0.1) is 23.5 Å². The normalized spacial score (nSPS) is 16.1. The van der Waals surface area contributed by atoms with Gasteiger partial charge in [-0.2, -0.15) is 22.5 Å². The lowest BCUT2D eigenvalue weighted by atomic mass is 10.0. The van der Waals surface area contributed by atoms with Crippen LogP contribution < -0.4 is 10.6 Å². The van der Waals surface area contributed by atoms with Crippen LogP contribution in [-0.4, -0.2) is 34.5 Å². The average molecular weight is 470 g/mol. The molecule has 1 amide bonds. The van der Waals surface area contributed by atoms with E-state index in [-0.39, 0.29) is 0 Å². The Kier molecular flexibility index (Phi) is 6.40. The Balaban J connectivity index is 1.62. The van der Waals surface area contributed by atoms with E-state index in [2.05, 4.69) is 20.6 Å². The molecule has 0 radical (unpaired) electrons. The monoisotopic (exact) mass is 470 g/mol. The third-order valence-corrected chi connectivity index (χ3v) is 5.31. The second-order valence-corrected chi connectivity index (χ2v) is 7.63. The van der Waals surface area contributed by atoms with Gasteiger partial charge in [0.1, 0.15) is 11.7 Å². The lowest BCUT2D eigenvalue weighted by Gasteiger charge is -2.17. The quantitative estimate of drug-likeness (QED) is 0.417. The van der Waals surface area contributed by atoms with E-state index in [1.807, 2.05) is 30.3 Å². The van der Waals surface area contributed by atoms with Crippen molar-refractivity contribution in [2.45, 2.75) is 25.4 Å². The first-order valence-electron chi connectivity index (χ1n) is 10.3. The summed E-state index contributed by atoms with van der Waals surface area (Å²) in [5.41, 5.74) is 1.24. The maximum Gasteiger partial charge on any atom is 0.253 e. The maximum atomic E-state index is 13.9. The van der Waals surface area contributed by atoms with Gasteiger partial charge in [-0.25, -0.2) is 0 Å². The summed E-state index contributed by atoms with van der Waals surface area (Å²) in [7, 11) is 0. The van der Waals surface area contributed by atoms with E-state index in [0.29, 0.717) is 17.0 Å². The number of halogens is 4. The summed E-state index contributed by atoms with van der Waals surface area (Å²) >= 11 is 0. The Morgan fingerprint density at radius 1 is 1.00 bits per heavy atom. The summed E-state index contributed by atoms with van der Waals surface area (Å²) in [5, 5.41) is 4.89. The van der Waals surface area contributed by atoms with E-state index in [1.54, 1.807) is 24.3 Å². The number of nitrogens with zero attached hydrogens (tertiary/aromatic N) is 2. The van der Waals surface area contributed by atoms with Gasteiger partial charge in [-0.05, 0) is 13.0 Å². The summed E-state index contributed by atoms with van der Waals surface area (Å²) in [6.07, 6.45) is -0.427. The fourth-order valence-electron chi connectivity index (χ4n) is 3.54. The van der Waals surface area contributed by atoms with E-state index >= 15 is 0 Å². The smallest absolute Gasteiger partial charge is 0.253 e. The van der Waals surface area contributed by atoms with Crippen LogP contribution in [0.3, 0.4) is 0 Å². The molecule has 1 aliphatic heterocycles. The van der Waals surface area contributed by atoms with Crippen molar-refractivity contribution in [2.24, 2.45) is 4.99 Å². The summed E-state index contributed by atoms with van der Waals surface area (Å²) in [6, 6.07) is 13.6. The predicted molar refractivity (Wildman–Crippen MR) is 118 cm³/mol. The molecule has 2 aromatic carbocycles. The molecule has 10 heteroatoms. The van der Waals surface area contributed by atoms with E-state index in [9.17, 15) is 27.2 Å². The number of benzodiazepines with no additional fused rings is 1. The van der Waals surface area contributed by atoms with E-state index in [1.165, 1.54) is 6.92 Å². The molecule has 0 aliphatic carbocycles. The number of benzene rings is 2. The molecular weight excluding hydrogens is 452 g/mol. The minimum Gasteiger partial charge on any atom is -0.370 e. The minimum absolute atomic E-state index is 0.427. The number of aliphatic imine (C=N–C) groups is 1. The highest BCUT2D eigenvalue weighted by Gasteiger charge is 2.30. The molecule has 1 aromatic heterocycles. The van der Waals surface area contributed by atoms with Gasteiger partial charge in [0.15, 0.2) is 5.78 Å². The molecule has 1 aliphatic rings. The van der Waals surface area contributed by atoms with Crippen LogP contribution in [0.15, 0.2) is 59.6 Å². The number of aromatic nitrogens is 1. The van der Waals surface area contributed by atoms with Crippen LogP contribution in [0.1, 0.15) is 24.5 Å². The molecule has 0 saturated carbocycles. The second kappa shape index (κ2) is 9.42. The third kappa shape index (κ3) is 4.52. The van der Waals surface area contributed by atoms with Gasteiger partial charge in [0.05, 0.1) is 17.4 Å². The number of para-hydroxylation sites is 1. The zero-order valence-electron chi connectivity index (χ0n) is 17.8. The van der Waals surface area contributed by atoms with Crippen molar-refractivity contribution in [1.82, 2.24) is 4.98 Å². The van der Waals surface area contributed by atoms with Crippen molar-refractivity contribution in [3.8, 4) is 0 Å². The van der Waals surface area contributed by atoms with Gasteiger partial charge in [0.2, 0.25) is 17.5 Å². The number of ketones is 1. The molecule has 2 N–H and O–H groups in total. The number of carbonyl (C=O) groups excluding carboxylic acids is 2. The van der Waals surface area contributed by atoms with Gasteiger partial charge in [0, 0.05) is 17.5 Å². The zero-order chi connectivity index (χ0) is 24.4. The molecule has 1 unspecified atom stereocenters.